The summed E-state index contributed by atoms with van der Waals surface area (Å²) >= 11 is 0. The van der Waals surface area contributed by atoms with Crippen LogP contribution in [0, 0.1) is 11.8 Å². The Morgan fingerprint density at radius 2 is 1.63 bits per heavy atom. The fourth-order valence-corrected chi connectivity index (χ4v) is 3.26. The van der Waals surface area contributed by atoms with E-state index in [0.29, 0.717) is 11.8 Å². The normalized spacial score (nSPS) is 26.4. The van der Waals surface area contributed by atoms with Gasteiger partial charge in [-0.05, 0) is 30.7 Å². The van der Waals surface area contributed by atoms with E-state index in [1.165, 1.54) is 11.1 Å². The minimum Gasteiger partial charge on any atom is -0.0781 e. The third-order valence-corrected chi connectivity index (χ3v) is 4.91. The fraction of sp³-hybridized carbons (Fsp3) is 0.474. The van der Waals surface area contributed by atoms with Crippen LogP contribution in [0.1, 0.15) is 46.6 Å². The smallest absolute Gasteiger partial charge is 0.0137 e. The van der Waals surface area contributed by atoms with Gasteiger partial charge in [0.2, 0.25) is 0 Å². The highest BCUT2D eigenvalue weighted by atomic mass is 14.4. The van der Waals surface area contributed by atoms with Crippen LogP contribution in [0.2, 0.25) is 0 Å². The Morgan fingerprint density at radius 3 is 2.21 bits per heavy atom. The van der Waals surface area contributed by atoms with E-state index in [4.69, 9.17) is 0 Å². The van der Waals surface area contributed by atoms with Crippen molar-refractivity contribution < 1.29 is 0 Å². The molecule has 19 heavy (non-hydrogen) atoms. The first-order valence-corrected chi connectivity index (χ1v) is 7.45. The van der Waals surface area contributed by atoms with E-state index >= 15 is 0 Å². The lowest BCUT2D eigenvalue weighted by Gasteiger charge is -2.38. The van der Waals surface area contributed by atoms with E-state index in [2.05, 4.69) is 77.1 Å². The number of rotatable bonds is 3. The summed E-state index contributed by atoms with van der Waals surface area (Å²) in [6.45, 7) is 11.6. The van der Waals surface area contributed by atoms with Crippen molar-refractivity contribution in [2.24, 2.45) is 11.8 Å². The van der Waals surface area contributed by atoms with Gasteiger partial charge in [0.25, 0.3) is 0 Å². The first kappa shape index (κ1) is 14.1. The van der Waals surface area contributed by atoms with Crippen LogP contribution in [-0.4, -0.2) is 0 Å². The van der Waals surface area contributed by atoms with Gasteiger partial charge in [-0.3, -0.25) is 0 Å². The second-order valence-corrected chi connectivity index (χ2v) is 6.16. The van der Waals surface area contributed by atoms with Crippen LogP contribution >= 0.6 is 0 Å². The summed E-state index contributed by atoms with van der Waals surface area (Å²) in [6.07, 6.45) is 6.08. The molecular weight excluding hydrogens is 228 g/mol. The predicted molar refractivity (Wildman–Crippen MR) is 84.3 cm³/mol. The zero-order valence-corrected chi connectivity index (χ0v) is 12.9. The predicted octanol–water partition coefficient (Wildman–Crippen LogP) is 5.51. The largest absolute Gasteiger partial charge is 0.0781 e. The molecule has 0 nitrogen and oxygen atoms in total. The standard InChI is InChI=1S/C19H26/c1-6-19(5,17-10-8-7-9-11-17)18-13-15(3)14(2)12-16(18)4/h7-13,15-16H,6H2,1-5H3. The Hall–Kier alpha value is -1.30. The molecule has 1 aromatic carbocycles. The molecule has 0 radical (unpaired) electrons. The molecular formula is C19H26. The monoisotopic (exact) mass is 254 g/mol. The van der Waals surface area contributed by atoms with Gasteiger partial charge in [0.05, 0.1) is 0 Å². The number of benzene rings is 1. The number of allylic oxidation sites excluding steroid dienone is 4. The summed E-state index contributed by atoms with van der Waals surface area (Å²) in [5.74, 6) is 1.11. The Kier molecular flexibility index (Phi) is 3.99. The van der Waals surface area contributed by atoms with Crippen LogP contribution in [0.15, 0.2) is 53.6 Å². The summed E-state index contributed by atoms with van der Waals surface area (Å²) in [5, 5.41) is 0. The Bertz CT molecular complexity index is 492. The van der Waals surface area contributed by atoms with Crippen LogP contribution in [0.25, 0.3) is 0 Å². The topological polar surface area (TPSA) is 0 Å². The van der Waals surface area contributed by atoms with Gasteiger partial charge < -0.3 is 0 Å². The summed E-state index contributed by atoms with van der Waals surface area (Å²) in [4.78, 5) is 0. The molecule has 0 aromatic heterocycles. The zero-order valence-electron chi connectivity index (χ0n) is 12.9. The fourth-order valence-electron chi connectivity index (χ4n) is 3.26. The van der Waals surface area contributed by atoms with Gasteiger partial charge in [-0.25, -0.2) is 0 Å². The molecule has 3 atom stereocenters. The van der Waals surface area contributed by atoms with E-state index in [1.54, 1.807) is 5.57 Å². The molecule has 0 heterocycles. The average molecular weight is 254 g/mol. The highest BCUT2D eigenvalue weighted by molar-refractivity contribution is 5.41. The van der Waals surface area contributed by atoms with Gasteiger partial charge >= 0.3 is 0 Å². The van der Waals surface area contributed by atoms with Crippen molar-refractivity contribution >= 4 is 0 Å². The van der Waals surface area contributed by atoms with Gasteiger partial charge in [0.15, 0.2) is 0 Å². The molecule has 102 valence electrons. The lowest BCUT2D eigenvalue weighted by Crippen LogP contribution is -2.29. The third kappa shape index (κ3) is 2.54. The first-order valence-electron chi connectivity index (χ1n) is 7.45. The van der Waals surface area contributed by atoms with Crippen LogP contribution < -0.4 is 0 Å². The van der Waals surface area contributed by atoms with E-state index in [-0.39, 0.29) is 5.41 Å². The summed E-state index contributed by atoms with van der Waals surface area (Å²) in [6, 6.07) is 11.0. The van der Waals surface area contributed by atoms with Crippen molar-refractivity contribution in [2.45, 2.75) is 46.5 Å². The maximum absolute atomic E-state index is 2.50. The summed E-state index contributed by atoms with van der Waals surface area (Å²) in [5.41, 5.74) is 4.68. The van der Waals surface area contributed by atoms with Crippen molar-refractivity contribution in [1.29, 1.82) is 0 Å². The van der Waals surface area contributed by atoms with Crippen molar-refractivity contribution in [2.75, 3.05) is 0 Å². The number of hydrogen-bond acceptors (Lipinski definition) is 0. The molecule has 0 spiro atoms. The lowest BCUT2D eigenvalue weighted by atomic mass is 9.66. The van der Waals surface area contributed by atoms with Crippen molar-refractivity contribution in [3.8, 4) is 0 Å². The van der Waals surface area contributed by atoms with Gasteiger partial charge in [-0.1, -0.05) is 81.3 Å². The van der Waals surface area contributed by atoms with E-state index in [1.807, 2.05) is 0 Å². The molecule has 0 amide bonds. The first-order chi connectivity index (χ1) is 8.99. The molecule has 3 unspecified atom stereocenters. The third-order valence-electron chi connectivity index (χ3n) is 4.91. The van der Waals surface area contributed by atoms with Crippen LogP contribution in [-0.2, 0) is 5.41 Å². The molecule has 2 rings (SSSR count). The maximum Gasteiger partial charge on any atom is 0.0137 e. The molecule has 0 saturated heterocycles. The van der Waals surface area contributed by atoms with Gasteiger partial charge in [-0.2, -0.15) is 0 Å². The van der Waals surface area contributed by atoms with Crippen molar-refractivity contribution in [3.05, 3.63) is 59.2 Å². The van der Waals surface area contributed by atoms with Crippen molar-refractivity contribution in [3.63, 3.8) is 0 Å². The molecule has 0 fully saturated rings. The van der Waals surface area contributed by atoms with E-state index in [9.17, 15) is 0 Å². The molecule has 0 heteroatoms. The Labute approximate surface area is 118 Å². The van der Waals surface area contributed by atoms with Crippen LogP contribution in [0.3, 0.4) is 0 Å². The van der Waals surface area contributed by atoms with Crippen molar-refractivity contribution in [1.82, 2.24) is 0 Å². The average Bonchev–Trinajstić information content (AvgIpc) is 2.43. The van der Waals surface area contributed by atoms with Gasteiger partial charge in [-0.15, -0.1) is 0 Å². The quantitative estimate of drug-likeness (QED) is 0.624. The second-order valence-electron chi connectivity index (χ2n) is 6.16. The minimum absolute atomic E-state index is 0.159. The molecule has 0 aliphatic heterocycles. The molecule has 0 bridgehead atoms. The Balaban J connectivity index is 2.46. The zero-order chi connectivity index (χ0) is 14.0. The Morgan fingerprint density at radius 1 is 1.00 bits per heavy atom. The van der Waals surface area contributed by atoms with Crippen LogP contribution in [0.5, 0.6) is 0 Å². The summed E-state index contributed by atoms with van der Waals surface area (Å²) in [7, 11) is 0. The van der Waals surface area contributed by atoms with E-state index in [0.717, 1.165) is 6.42 Å². The lowest BCUT2D eigenvalue weighted by molar-refractivity contribution is 0.481. The highest BCUT2D eigenvalue weighted by Gasteiger charge is 2.33. The van der Waals surface area contributed by atoms with Crippen LogP contribution in [0.4, 0.5) is 0 Å². The van der Waals surface area contributed by atoms with Gasteiger partial charge in [0, 0.05) is 5.41 Å². The maximum atomic E-state index is 2.50. The second kappa shape index (κ2) is 5.36. The SMILES string of the molecule is CCC(C)(C1=CC(C)C(C)=CC1C)c1ccccc1. The van der Waals surface area contributed by atoms with Gasteiger partial charge in [0.1, 0.15) is 0 Å². The molecule has 0 saturated carbocycles. The van der Waals surface area contributed by atoms with E-state index < -0.39 is 0 Å². The molecule has 1 aliphatic rings. The highest BCUT2D eigenvalue weighted by Crippen LogP contribution is 2.43. The minimum atomic E-state index is 0.159. The molecule has 0 N–H and O–H groups in total. The number of hydrogen-bond donors (Lipinski definition) is 0. The molecule has 1 aromatic rings. The molecule has 1 aliphatic carbocycles. The summed E-state index contributed by atoms with van der Waals surface area (Å²) < 4.78 is 0.